The third kappa shape index (κ3) is 11.9. The van der Waals surface area contributed by atoms with Crippen LogP contribution in [0.3, 0.4) is 0 Å². The molecule has 4 nitrogen and oxygen atoms in total. The van der Waals surface area contributed by atoms with Crippen molar-refractivity contribution in [3.05, 3.63) is 11.6 Å². The van der Waals surface area contributed by atoms with Crippen LogP contribution in [-0.4, -0.2) is 34.0 Å². The monoisotopic (exact) mass is 272 g/mol. The maximum absolute atomic E-state index is 10.6. The molecule has 19 heavy (non-hydrogen) atoms. The average Bonchev–Trinajstić information content (AvgIpc) is 2.36. The van der Waals surface area contributed by atoms with E-state index in [-0.39, 0.29) is 5.57 Å². The molecule has 0 aliphatic rings. The van der Waals surface area contributed by atoms with Gasteiger partial charge < -0.3 is 15.3 Å². The zero-order chi connectivity index (χ0) is 14.5. The fraction of sp³-hybridized carbons (Fsp3) is 0.800. The van der Waals surface area contributed by atoms with Crippen molar-refractivity contribution in [1.82, 2.24) is 0 Å². The minimum Gasteiger partial charge on any atom is -0.478 e. The quantitative estimate of drug-likeness (QED) is 0.377. The van der Waals surface area contributed by atoms with Crippen LogP contribution in [0.25, 0.3) is 0 Å². The summed E-state index contributed by atoms with van der Waals surface area (Å²) < 4.78 is 0. The van der Waals surface area contributed by atoms with E-state index in [0.717, 1.165) is 32.1 Å². The first-order chi connectivity index (χ1) is 9.07. The first kappa shape index (κ1) is 18.1. The topological polar surface area (TPSA) is 77.8 Å². The molecule has 0 rings (SSSR count). The standard InChI is InChI=1S/C15H28O4/c1-13(15(18)19)12-14(17)10-8-6-4-2-3-5-7-9-11-16/h12,14,16-17H,2-11H2,1H3,(H,18,19). The highest BCUT2D eigenvalue weighted by molar-refractivity contribution is 5.85. The van der Waals surface area contributed by atoms with Crippen molar-refractivity contribution in [2.24, 2.45) is 0 Å². The zero-order valence-corrected chi connectivity index (χ0v) is 12.0. The summed E-state index contributed by atoms with van der Waals surface area (Å²) in [5.74, 6) is -0.970. The number of aliphatic hydroxyl groups is 2. The van der Waals surface area contributed by atoms with Crippen LogP contribution in [0, 0.1) is 0 Å². The van der Waals surface area contributed by atoms with Crippen molar-refractivity contribution in [3.8, 4) is 0 Å². The summed E-state index contributed by atoms with van der Waals surface area (Å²) in [6, 6.07) is 0. The smallest absolute Gasteiger partial charge is 0.331 e. The summed E-state index contributed by atoms with van der Waals surface area (Å²) in [5.41, 5.74) is 0.205. The van der Waals surface area contributed by atoms with Crippen LogP contribution in [0.15, 0.2) is 11.6 Å². The van der Waals surface area contributed by atoms with E-state index >= 15 is 0 Å². The lowest BCUT2D eigenvalue weighted by Crippen LogP contribution is -2.06. The van der Waals surface area contributed by atoms with Crippen LogP contribution in [0.4, 0.5) is 0 Å². The third-order valence-electron chi connectivity index (χ3n) is 3.19. The summed E-state index contributed by atoms with van der Waals surface area (Å²) in [6.45, 7) is 1.79. The SMILES string of the molecule is CC(=CC(O)CCCCCCCCCCO)C(=O)O. The van der Waals surface area contributed by atoms with E-state index < -0.39 is 12.1 Å². The molecule has 3 N–H and O–H groups in total. The highest BCUT2D eigenvalue weighted by Gasteiger charge is 2.05. The Morgan fingerprint density at radius 1 is 1.00 bits per heavy atom. The Bertz CT molecular complexity index is 261. The van der Waals surface area contributed by atoms with Crippen LogP contribution >= 0.6 is 0 Å². The molecule has 0 aromatic heterocycles. The van der Waals surface area contributed by atoms with Crippen molar-refractivity contribution in [2.75, 3.05) is 6.61 Å². The van der Waals surface area contributed by atoms with Crippen LogP contribution in [0.5, 0.6) is 0 Å². The molecule has 1 unspecified atom stereocenters. The van der Waals surface area contributed by atoms with Crippen molar-refractivity contribution >= 4 is 5.97 Å². The number of unbranched alkanes of at least 4 members (excludes halogenated alkanes) is 7. The molecule has 0 aliphatic heterocycles. The van der Waals surface area contributed by atoms with Gasteiger partial charge in [0.1, 0.15) is 0 Å². The van der Waals surface area contributed by atoms with Gasteiger partial charge in [-0.05, 0) is 25.8 Å². The molecule has 0 heterocycles. The highest BCUT2D eigenvalue weighted by Crippen LogP contribution is 2.11. The molecule has 0 amide bonds. The van der Waals surface area contributed by atoms with Crippen molar-refractivity contribution in [2.45, 2.75) is 70.8 Å². The maximum atomic E-state index is 10.6. The van der Waals surface area contributed by atoms with Gasteiger partial charge in [-0.15, -0.1) is 0 Å². The van der Waals surface area contributed by atoms with E-state index in [1.54, 1.807) is 0 Å². The number of hydrogen-bond acceptors (Lipinski definition) is 3. The van der Waals surface area contributed by atoms with Crippen molar-refractivity contribution in [3.63, 3.8) is 0 Å². The number of carboxylic acid groups (broad SMARTS) is 1. The van der Waals surface area contributed by atoms with Crippen LogP contribution in [-0.2, 0) is 4.79 Å². The summed E-state index contributed by atoms with van der Waals surface area (Å²) in [4.78, 5) is 10.6. The minimum absolute atomic E-state index is 0.205. The Morgan fingerprint density at radius 2 is 1.47 bits per heavy atom. The van der Waals surface area contributed by atoms with E-state index in [4.69, 9.17) is 10.2 Å². The summed E-state index contributed by atoms with van der Waals surface area (Å²) in [6.07, 6.45) is 10.2. The van der Waals surface area contributed by atoms with Crippen LogP contribution < -0.4 is 0 Å². The van der Waals surface area contributed by atoms with Gasteiger partial charge in [0.2, 0.25) is 0 Å². The van der Waals surface area contributed by atoms with Crippen molar-refractivity contribution < 1.29 is 20.1 Å². The Hall–Kier alpha value is -0.870. The van der Waals surface area contributed by atoms with Gasteiger partial charge in [0.15, 0.2) is 0 Å². The summed E-state index contributed by atoms with van der Waals surface area (Å²) in [5, 5.41) is 26.9. The highest BCUT2D eigenvalue weighted by atomic mass is 16.4. The first-order valence-corrected chi connectivity index (χ1v) is 7.28. The predicted octanol–water partition coefficient (Wildman–Crippen LogP) is 2.88. The Balaban J connectivity index is 3.39. The molecule has 0 fully saturated rings. The number of aliphatic carboxylic acids is 1. The Kier molecular flexibility index (Phi) is 11.6. The van der Waals surface area contributed by atoms with Gasteiger partial charge in [-0.1, -0.05) is 44.9 Å². The molecule has 0 aliphatic carbocycles. The van der Waals surface area contributed by atoms with Gasteiger partial charge in [0.05, 0.1) is 6.10 Å². The molecule has 0 saturated heterocycles. The molecule has 4 heteroatoms. The first-order valence-electron chi connectivity index (χ1n) is 7.28. The third-order valence-corrected chi connectivity index (χ3v) is 3.19. The number of carbonyl (C=O) groups is 1. The lowest BCUT2D eigenvalue weighted by molar-refractivity contribution is -0.132. The second kappa shape index (κ2) is 12.2. The lowest BCUT2D eigenvalue weighted by atomic mass is 10.0. The molecule has 0 aromatic carbocycles. The van der Waals surface area contributed by atoms with E-state index in [1.165, 1.54) is 32.3 Å². The van der Waals surface area contributed by atoms with Crippen molar-refractivity contribution in [1.29, 1.82) is 0 Å². The van der Waals surface area contributed by atoms with E-state index in [9.17, 15) is 9.90 Å². The van der Waals surface area contributed by atoms with Gasteiger partial charge in [-0.25, -0.2) is 4.79 Å². The van der Waals surface area contributed by atoms with E-state index in [2.05, 4.69) is 0 Å². The zero-order valence-electron chi connectivity index (χ0n) is 12.0. The fourth-order valence-corrected chi connectivity index (χ4v) is 1.97. The van der Waals surface area contributed by atoms with Gasteiger partial charge in [0.25, 0.3) is 0 Å². The molecule has 0 radical (unpaired) electrons. The molecular formula is C15H28O4. The molecule has 0 saturated carbocycles. The average molecular weight is 272 g/mol. The molecular weight excluding hydrogens is 244 g/mol. The van der Waals surface area contributed by atoms with Gasteiger partial charge >= 0.3 is 5.97 Å². The minimum atomic E-state index is -0.970. The number of hydrogen-bond donors (Lipinski definition) is 3. The van der Waals surface area contributed by atoms with Crippen LogP contribution in [0.1, 0.15) is 64.7 Å². The number of rotatable bonds is 12. The van der Waals surface area contributed by atoms with E-state index in [1.807, 2.05) is 0 Å². The maximum Gasteiger partial charge on any atom is 0.331 e. The molecule has 0 spiro atoms. The second-order valence-electron chi connectivity index (χ2n) is 5.06. The predicted molar refractivity (Wildman–Crippen MR) is 76.0 cm³/mol. The summed E-state index contributed by atoms with van der Waals surface area (Å²) >= 11 is 0. The normalized spacial score (nSPS) is 13.5. The molecule has 1 atom stereocenters. The number of carboxylic acids is 1. The molecule has 0 aromatic rings. The second-order valence-corrected chi connectivity index (χ2v) is 5.06. The lowest BCUT2D eigenvalue weighted by Gasteiger charge is -2.06. The van der Waals surface area contributed by atoms with Gasteiger partial charge in [0, 0.05) is 12.2 Å². The largest absolute Gasteiger partial charge is 0.478 e. The van der Waals surface area contributed by atoms with Gasteiger partial charge in [-0.3, -0.25) is 0 Å². The molecule has 112 valence electrons. The Morgan fingerprint density at radius 3 is 1.95 bits per heavy atom. The number of aliphatic hydroxyl groups excluding tert-OH is 2. The Labute approximate surface area is 116 Å². The molecule has 0 bridgehead atoms. The van der Waals surface area contributed by atoms with Crippen LogP contribution in [0.2, 0.25) is 0 Å². The van der Waals surface area contributed by atoms with E-state index in [0.29, 0.717) is 13.0 Å². The fourth-order valence-electron chi connectivity index (χ4n) is 1.97. The summed E-state index contributed by atoms with van der Waals surface area (Å²) in [7, 11) is 0. The van der Waals surface area contributed by atoms with Gasteiger partial charge in [-0.2, -0.15) is 0 Å².